The number of benzene rings is 1. The molecule has 0 aliphatic rings. The molecule has 3 N–H and O–H groups in total. The second-order valence-corrected chi connectivity index (χ2v) is 5.58. The highest BCUT2D eigenvalue weighted by atomic mass is 32.1. The number of nitrogens with two attached hydrogens (primary N) is 1. The maximum Gasteiger partial charge on any atom is 0.227 e. The molecule has 3 aromatic rings. The molecule has 2 aromatic heterocycles. The Kier molecular flexibility index (Phi) is 4.24. The van der Waals surface area contributed by atoms with E-state index in [2.05, 4.69) is 20.3 Å². The summed E-state index contributed by atoms with van der Waals surface area (Å²) < 4.78 is 10.6. The Morgan fingerprint density at radius 3 is 2.70 bits per heavy atom. The van der Waals surface area contributed by atoms with Crippen LogP contribution in [0.25, 0.3) is 10.6 Å². The summed E-state index contributed by atoms with van der Waals surface area (Å²) >= 11 is 1.37. The number of nitrogen functional groups attached to an aromatic ring is 1. The molecule has 0 fully saturated rings. The van der Waals surface area contributed by atoms with Crippen LogP contribution in [-0.4, -0.2) is 29.2 Å². The van der Waals surface area contributed by atoms with E-state index in [0.717, 1.165) is 10.6 Å². The number of nitrogens with zero attached hydrogens (tertiary/aromatic N) is 3. The molecule has 0 aliphatic carbocycles. The number of aromatic nitrogens is 3. The first kappa shape index (κ1) is 15.0. The van der Waals surface area contributed by atoms with Crippen LogP contribution in [0.1, 0.15) is 0 Å². The van der Waals surface area contributed by atoms with Crippen molar-refractivity contribution >= 4 is 28.1 Å². The van der Waals surface area contributed by atoms with Crippen LogP contribution in [-0.2, 0) is 0 Å². The first-order valence-corrected chi connectivity index (χ1v) is 7.55. The number of methoxy groups -OCH3 is 2. The number of anilines is 3. The summed E-state index contributed by atoms with van der Waals surface area (Å²) in [5.41, 5.74) is 7.13. The summed E-state index contributed by atoms with van der Waals surface area (Å²) in [6.07, 6.45) is 3.37. The lowest BCUT2D eigenvalue weighted by molar-refractivity contribution is 0.405. The third kappa shape index (κ3) is 3.32. The minimum absolute atomic E-state index is 0.445. The van der Waals surface area contributed by atoms with Gasteiger partial charge in [0.1, 0.15) is 11.5 Å². The summed E-state index contributed by atoms with van der Waals surface area (Å²) in [5.74, 6) is 1.82. The Hall–Kier alpha value is -2.87. The van der Waals surface area contributed by atoms with Gasteiger partial charge in [0, 0.05) is 18.5 Å². The first-order chi connectivity index (χ1) is 11.2. The molecule has 8 heteroatoms. The summed E-state index contributed by atoms with van der Waals surface area (Å²) in [6.45, 7) is 0. The van der Waals surface area contributed by atoms with E-state index in [9.17, 15) is 0 Å². The molecule has 0 atom stereocenters. The predicted molar refractivity (Wildman–Crippen MR) is 90.4 cm³/mol. The lowest BCUT2D eigenvalue weighted by atomic mass is 10.2. The van der Waals surface area contributed by atoms with Gasteiger partial charge in [-0.3, -0.25) is 0 Å². The van der Waals surface area contributed by atoms with E-state index in [1.54, 1.807) is 32.7 Å². The average molecular weight is 329 g/mol. The Morgan fingerprint density at radius 2 is 2.00 bits per heavy atom. The summed E-state index contributed by atoms with van der Waals surface area (Å²) in [4.78, 5) is 13.6. The fraction of sp³-hybridized carbons (Fsp3) is 0.133. The molecule has 7 nitrogen and oxygen atoms in total. The van der Waals surface area contributed by atoms with Gasteiger partial charge in [0.15, 0.2) is 5.13 Å². The highest BCUT2D eigenvalue weighted by Crippen LogP contribution is 2.31. The summed E-state index contributed by atoms with van der Waals surface area (Å²) in [7, 11) is 3.21. The number of rotatable bonds is 5. The molecule has 118 valence electrons. The molecule has 0 spiro atoms. The van der Waals surface area contributed by atoms with E-state index in [-0.39, 0.29) is 0 Å². The van der Waals surface area contributed by atoms with Gasteiger partial charge in [-0.1, -0.05) is 11.3 Å². The fourth-order valence-electron chi connectivity index (χ4n) is 1.99. The summed E-state index contributed by atoms with van der Waals surface area (Å²) in [6, 6.07) is 7.26. The fourth-order valence-corrected chi connectivity index (χ4v) is 2.65. The van der Waals surface area contributed by atoms with Crippen LogP contribution in [0.15, 0.2) is 36.7 Å². The van der Waals surface area contributed by atoms with Crippen molar-refractivity contribution in [1.82, 2.24) is 15.0 Å². The lowest BCUT2D eigenvalue weighted by Crippen LogP contribution is -2.00. The molecular weight excluding hydrogens is 314 g/mol. The lowest BCUT2D eigenvalue weighted by Gasteiger charge is -2.11. The SMILES string of the molecule is COc1ccc(OC)c(Nc2nccc(-c3cnc(N)s3)n2)c1. The number of thiazole rings is 1. The van der Waals surface area contributed by atoms with Gasteiger partial charge < -0.3 is 20.5 Å². The van der Waals surface area contributed by atoms with Crippen LogP contribution in [0.4, 0.5) is 16.8 Å². The monoisotopic (exact) mass is 329 g/mol. The molecular formula is C15H15N5O2S. The van der Waals surface area contributed by atoms with Gasteiger partial charge in [-0.25, -0.2) is 15.0 Å². The summed E-state index contributed by atoms with van der Waals surface area (Å²) in [5, 5.41) is 3.64. The maximum absolute atomic E-state index is 5.67. The Balaban J connectivity index is 1.91. The van der Waals surface area contributed by atoms with Crippen molar-refractivity contribution in [2.45, 2.75) is 0 Å². The van der Waals surface area contributed by atoms with Crippen LogP contribution in [0.5, 0.6) is 11.5 Å². The predicted octanol–water partition coefficient (Wildman–Crippen LogP) is 2.94. The molecule has 2 heterocycles. The molecule has 0 saturated carbocycles. The van der Waals surface area contributed by atoms with E-state index in [1.165, 1.54) is 11.3 Å². The smallest absolute Gasteiger partial charge is 0.227 e. The molecule has 0 amide bonds. The van der Waals surface area contributed by atoms with E-state index in [4.69, 9.17) is 15.2 Å². The zero-order chi connectivity index (χ0) is 16.2. The third-order valence-corrected chi connectivity index (χ3v) is 3.93. The van der Waals surface area contributed by atoms with Gasteiger partial charge in [0.05, 0.1) is 30.5 Å². The zero-order valence-corrected chi connectivity index (χ0v) is 13.4. The molecule has 0 saturated heterocycles. The van der Waals surface area contributed by atoms with Crippen molar-refractivity contribution in [1.29, 1.82) is 0 Å². The second kappa shape index (κ2) is 6.49. The van der Waals surface area contributed by atoms with Crippen molar-refractivity contribution in [3.05, 3.63) is 36.7 Å². The van der Waals surface area contributed by atoms with Gasteiger partial charge in [-0.2, -0.15) is 0 Å². The van der Waals surface area contributed by atoms with Crippen LogP contribution < -0.4 is 20.5 Å². The average Bonchev–Trinajstić information content (AvgIpc) is 3.01. The molecule has 0 unspecified atom stereocenters. The zero-order valence-electron chi connectivity index (χ0n) is 12.6. The highest BCUT2D eigenvalue weighted by molar-refractivity contribution is 7.18. The van der Waals surface area contributed by atoms with Gasteiger partial charge in [0.25, 0.3) is 0 Å². The van der Waals surface area contributed by atoms with Crippen molar-refractivity contribution in [2.75, 3.05) is 25.3 Å². The van der Waals surface area contributed by atoms with Crippen LogP contribution in [0.3, 0.4) is 0 Å². The quantitative estimate of drug-likeness (QED) is 0.743. The molecule has 0 radical (unpaired) electrons. The van der Waals surface area contributed by atoms with E-state index < -0.39 is 0 Å². The van der Waals surface area contributed by atoms with Crippen molar-refractivity contribution in [2.24, 2.45) is 0 Å². The van der Waals surface area contributed by atoms with Gasteiger partial charge in [-0.15, -0.1) is 0 Å². The minimum atomic E-state index is 0.445. The Bertz CT molecular complexity index is 821. The largest absolute Gasteiger partial charge is 0.497 e. The standard InChI is InChI=1S/C15H15N5O2S/c1-21-9-3-4-12(22-2)11(7-9)20-15-17-6-5-10(19-15)13-8-18-14(16)23-13/h3-8H,1-2H3,(H2,16,18)(H,17,19,20). The number of ether oxygens (including phenoxy) is 2. The van der Waals surface area contributed by atoms with E-state index in [0.29, 0.717) is 28.3 Å². The Morgan fingerprint density at radius 1 is 1.13 bits per heavy atom. The van der Waals surface area contributed by atoms with Crippen LogP contribution in [0, 0.1) is 0 Å². The van der Waals surface area contributed by atoms with Gasteiger partial charge >= 0.3 is 0 Å². The molecule has 0 bridgehead atoms. The Labute approximate surface area is 137 Å². The third-order valence-electron chi connectivity index (χ3n) is 3.08. The topological polar surface area (TPSA) is 95.2 Å². The van der Waals surface area contributed by atoms with Crippen molar-refractivity contribution in [3.8, 4) is 22.1 Å². The van der Waals surface area contributed by atoms with Crippen LogP contribution in [0.2, 0.25) is 0 Å². The minimum Gasteiger partial charge on any atom is -0.497 e. The normalized spacial score (nSPS) is 10.3. The molecule has 23 heavy (non-hydrogen) atoms. The molecule has 0 aliphatic heterocycles. The molecule has 3 rings (SSSR count). The van der Waals surface area contributed by atoms with E-state index in [1.807, 2.05) is 18.2 Å². The van der Waals surface area contributed by atoms with Gasteiger partial charge in [0.2, 0.25) is 5.95 Å². The first-order valence-electron chi connectivity index (χ1n) is 6.73. The second-order valence-electron chi connectivity index (χ2n) is 4.52. The van der Waals surface area contributed by atoms with E-state index >= 15 is 0 Å². The van der Waals surface area contributed by atoms with Crippen molar-refractivity contribution in [3.63, 3.8) is 0 Å². The number of hydrogen-bond donors (Lipinski definition) is 2. The molecule has 1 aromatic carbocycles. The number of nitrogens with one attached hydrogen (secondary N) is 1. The highest BCUT2D eigenvalue weighted by Gasteiger charge is 2.09. The van der Waals surface area contributed by atoms with Crippen LogP contribution >= 0.6 is 11.3 Å². The van der Waals surface area contributed by atoms with Gasteiger partial charge in [-0.05, 0) is 18.2 Å². The number of hydrogen-bond acceptors (Lipinski definition) is 8. The maximum atomic E-state index is 5.67. The van der Waals surface area contributed by atoms with Crippen molar-refractivity contribution < 1.29 is 9.47 Å².